The van der Waals surface area contributed by atoms with Gasteiger partial charge in [-0.2, -0.15) is 0 Å². The topological polar surface area (TPSA) is 55.2 Å². The van der Waals surface area contributed by atoms with Crippen molar-refractivity contribution in [2.45, 2.75) is 33.2 Å². The molecule has 0 saturated carbocycles. The molecule has 4 nitrogen and oxygen atoms in total. The molecular weight excluding hydrogens is 308 g/mol. The summed E-state index contributed by atoms with van der Waals surface area (Å²) in [7, 11) is 0. The summed E-state index contributed by atoms with van der Waals surface area (Å²) < 4.78 is 0. The molecule has 6 heteroatoms. The zero-order chi connectivity index (χ0) is 15.6. The molecule has 2 rings (SSSR count). The van der Waals surface area contributed by atoms with Crippen LogP contribution in [0.5, 0.6) is 0 Å². The van der Waals surface area contributed by atoms with E-state index in [9.17, 15) is 10.1 Å². The Balaban J connectivity index is 2.12. The molecule has 0 amide bonds. The van der Waals surface area contributed by atoms with Crippen molar-refractivity contribution in [1.82, 2.24) is 0 Å². The molecule has 0 bridgehead atoms. The van der Waals surface area contributed by atoms with Gasteiger partial charge in [-0.1, -0.05) is 11.6 Å². The highest BCUT2D eigenvalue weighted by Crippen LogP contribution is 2.31. The van der Waals surface area contributed by atoms with Crippen LogP contribution in [-0.4, -0.2) is 11.0 Å². The Morgan fingerprint density at radius 2 is 2.10 bits per heavy atom. The summed E-state index contributed by atoms with van der Waals surface area (Å²) in [6.07, 6.45) is 0.909. The monoisotopic (exact) mass is 324 g/mol. The van der Waals surface area contributed by atoms with Crippen LogP contribution in [-0.2, 0) is 6.42 Å². The van der Waals surface area contributed by atoms with Gasteiger partial charge in [0.2, 0.25) is 0 Å². The number of thiophene rings is 1. The summed E-state index contributed by atoms with van der Waals surface area (Å²) in [5.74, 6) is 0. The third kappa shape index (κ3) is 3.95. The molecule has 2 aromatic rings. The molecule has 21 heavy (non-hydrogen) atoms. The molecule has 0 spiro atoms. The minimum Gasteiger partial charge on any atom is -0.382 e. The van der Waals surface area contributed by atoms with Crippen LogP contribution in [0.25, 0.3) is 0 Å². The lowest BCUT2D eigenvalue weighted by atomic mass is 10.1. The van der Waals surface area contributed by atoms with Gasteiger partial charge in [-0.15, -0.1) is 11.3 Å². The standard InChI is InChI=1S/C15H17ClN2O2S/c1-9-6-15(18(19)20)13(16)8-14(9)17-10(2)7-12-5-4-11(3)21-12/h4-6,8,10,17H,7H2,1-3H3. The molecule has 0 radical (unpaired) electrons. The molecule has 1 unspecified atom stereocenters. The fourth-order valence-electron chi connectivity index (χ4n) is 2.17. The van der Waals surface area contributed by atoms with E-state index in [0.29, 0.717) is 0 Å². The second kappa shape index (κ2) is 6.45. The number of anilines is 1. The Labute approximate surface area is 132 Å². The number of nitro benzene ring substituents is 1. The summed E-state index contributed by atoms with van der Waals surface area (Å²) in [5, 5.41) is 14.4. The quantitative estimate of drug-likeness (QED) is 0.624. The van der Waals surface area contributed by atoms with Crippen LogP contribution >= 0.6 is 22.9 Å². The zero-order valence-electron chi connectivity index (χ0n) is 12.1. The van der Waals surface area contributed by atoms with E-state index in [1.54, 1.807) is 17.4 Å². The average molecular weight is 325 g/mol. The molecule has 0 fully saturated rings. The van der Waals surface area contributed by atoms with Gasteiger partial charge in [0.05, 0.1) is 4.92 Å². The van der Waals surface area contributed by atoms with Crippen molar-refractivity contribution in [2.75, 3.05) is 5.32 Å². The van der Waals surface area contributed by atoms with Crippen LogP contribution in [0.2, 0.25) is 5.02 Å². The van der Waals surface area contributed by atoms with Crippen LogP contribution in [0.4, 0.5) is 11.4 Å². The van der Waals surface area contributed by atoms with Crippen molar-refractivity contribution in [3.63, 3.8) is 0 Å². The molecular formula is C15H17ClN2O2S. The van der Waals surface area contributed by atoms with Gasteiger partial charge in [-0.05, 0) is 44.5 Å². The van der Waals surface area contributed by atoms with Crippen LogP contribution in [0.15, 0.2) is 24.3 Å². The lowest BCUT2D eigenvalue weighted by Gasteiger charge is -2.16. The molecule has 0 aliphatic heterocycles. The molecule has 1 N–H and O–H groups in total. The smallest absolute Gasteiger partial charge is 0.288 e. The maximum atomic E-state index is 10.9. The first kappa shape index (κ1) is 15.8. The van der Waals surface area contributed by atoms with Crippen molar-refractivity contribution in [2.24, 2.45) is 0 Å². The molecule has 1 aromatic carbocycles. The van der Waals surface area contributed by atoms with Gasteiger partial charge < -0.3 is 5.32 Å². The van der Waals surface area contributed by atoms with Crippen molar-refractivity contribution in [3.8, 4) is 0 Å². The van der Waals surface area contributed by atoms with Crippen molar-refractivity contribution >= 4 is 34.3 Å². The molecule has 1 aromatic heterocycles. The minimum absolute atomic E-state index is 0.0544. The number of nitro groups is 1. The summed E-state index contributed by atoms with van der Waals surface area (Å²) in [6.45, 7) is 6.02. The fraction of sp³-hybridized carbons (Fsp3) is 0.333. The Kier molecular flexibility index (Phi) is 4.85. The lowest BCUT2D eigenvalue weighted by molar-refractivity contribution is -0.384. The normalized spacial score (nSPS) is 12.2. The highest BCUT2D eigenvalue weighted by molar-refractivity contribution is 7.11. The fourth-order valence-corrected chi connectivity index (χ4v) is 3.43. The van der Waals surface area contributed by atoms with Crippen LogP contribution < -0.4 is 5.32 Å². The maximum Gasteiger partial charge on any atom is 0.288 e. The van der Waals surface area contributed by atoms with E-state index in [1.807, 2.05) is 6.92 Å². The Morgan fingerprint density at radius 3 is 2.67 bits per heavy atom. The van der Waals surface area contributed by atoms with E-state index in [4.69, 9.17) is 11.6 Å². The molecule has 112 valence electrons. The van der Waals surface area contributed by atoms with Gasteiger partial charge in [0.25, 0.3) is 5.69 Å². The van der Waals surface area contributed by atoms with Gasteiger partial charge in [0.15, 0.2) is 0 Å². The predicted octanol–water partition coefficient (Wildman–Crippen LogP) is 4.97. The first-order chi connectivity index (χ1) is 9.86. The summed E-state index contributed by atoms with van der Waals surface area (Å²) >= 11 is 7.75. The van der Waals surface area contributed by atoms with Gasteiger partial charge in [0.1, 0.15) is 5.02 Å². The van der Waals surface area contributed by atoms with Gasteiger partial charge in [-0.3, -0.25) is 10.1 Å². The first-order valence-electron chi connectivity index (χ1n) is 6.63. The summed E-state index contributed by atoms with van der Waals surface area (Å²) in [5.41, 5.74) is 1.60. The van der Waals surface area contributed by atoms with Crippen molar-refractivity contribution in [1.29, 1.82) is 0 Å². The highest BCUT2D eigenvalue weighted by atomic mass is 35.5. The third-order valence-corrected chi connectivity index (χ3v) is 4.52. The van der Waals surface area contributed by atoms with Gasteiger partial charge in [-0.25, -0.2) is 0 Å². The number of benzene rings is 1. The van der Waals surface area contributed by atoms with Crippen LogP contribution in [0, 0.1) is 24.0 Å². The minimum atomic E-state index is -0.461. The highest BCUT2D eigenvalue weighted by Gasteiger charge is 2.16. The zero-order valence-corrected chi connectivity index (χ0v) is 13.7. The maximum absolute atomic E-state index is 10.9. The number of nitrogens with zero attached hydrogens (tertiary/aromatic N) is 1. The Hall–Kier alpha value is -1.59. The Bertz CT molecular complexity index is 670. The van der Waals surface area contributed by atoms with E-state index >= 15 is 0 Å². The number of halogens is 1. The number of aryl methyl sites for hydroxylation is 2. The number of hydrogen-bond donors (Lipinski definition) is 1. The number of rotatable bonds is 5. The number of hydrogen-bond acceptors (Lipinski definition) is 4. The van der Waals surface area contributed by atoms with E-state index < -0.39 is 4.92 Å². The van der Waals surface area contributed by atoms with E-state index in [0.717, 1.165) is 17.7 Å². The van der Waals surface area contributed by atoms with Gasteiger partial charge in [0, 0.05) is 34.0 Å². The molecule has 1 atom stereocenters. The van der Waals surface area contributed by atoms with Crippen LogP contribution in [0.1, 0.15) is 22.2 Å². The largest absolute Gasteiger partial charge is 0.382 e. The lowest BCUT2D eigenvalue weighted by Crippen LogP contribution is -2.18. The number of nitrogens with one attached hydrogen (secondary N) is 1. The Morgan fingerprint density at radius 1 is 1.38 bits per heavy atom. The molecule has 0 saturated heterocycles. The second-order valence-electron chi connectivity index (χ2n) is 5.14. The predicted molar refractivity (Wildman–Crippen MR) is 88.7 cm³/mol. The van der Waals surface area contributed by atoms with Crippen LogP contribution in [0.3, 0.4) is 0 Å². The molecule has 0 aliphatic rings. The van der Waals surface area contributed by atoms with Gasteiger partial charge >= 0.3 is 0 Å². The SMILES string of the molecule is Cc1ccc(CC(C)Nc2cc(Cl)c([N+](=O)[O-])cc2C)s1. The summed E-state index contributed by atoms with van der Waals surface area (Å²) in [4.78, 5) is 13.0. The van der Waals surface area contributed by atoms with Crippen molar-refractivity contribution in [3.05, 3.63) is 54.7 Å². The molecule has 1 heterocycles. The van der Waals surface area contributed by atoms with E-state index in [-0.39, 0.29) is 16.8 Å². The summed E-state index contributed by atoms with van der Waals surface area (Å²) in [6, 6.07) is 7.60. The van der Waals surface area contributed by atoms with E-state index in [1.165, 1.54) is 15.8 Å². The second-order valence-corrected chi connectivity index (χ2v) is 6.92. The van der Waals surface area contributed by atoms with E-state index in [2.05, 4.69) is 31.3 Å². The molecule has 0 aliphatic carbocycles. The first-order valence-corrected chi connectivity index (χ1v) is 7.82. The average Bonchev–Trinajstić information content (AvgIpc) is 2.78. The van der Waals surface area contributed by atoms with Crippen molar-refractivity contribution < 1.29 is 4.92 Å². The third-order valence-electron chi connectivity index (χ3n) is 3.20.